The number of Topliss-reactive ketones (excluding diaryl/α,β-unsaturated/α-hetero) is 1. The Bertz CT molecular complexity index is 590. The summed E-state index contributed by atoms with van der Waals surface area (Å²) in [7, 11) is 3.56. The van der Waals surface area contributed by atoms with Gasteiger partial charge in [0.2, 0.25) is 0 Å². The van der Waals surface area contributed by atoms with Crippen LogP contribution in [0.4, 0.5) is 0 Å². The Labute approximate surface area is 112 Å². The number of nitriles is 1. The van der Waals surface area contributed by atoms with Crippen LogP contribution in [0, 0.1) is 11.3 Å². The van der Waals surface area contributed by atoms with Crippen LogP contribution >= 0.6 is 0 Å². The van der Waals surface area contributed by atoms with Crippen LogP contribution in [0.2, 0.25) is 0 Å². The van der Waals surface area contributed by atoms with E-state index >= 15 is 0 Å². The summed E-state index contributed by atoms with van der Waals surface area (Å²) in [4.78, 5) is 14.6. The average Bonchev–Trinajstić information content (AvgIpc) is 2.46. The zero-order valence-corrected chi connectivity index (χ0v) is 11.1. The molecule has 3 rings (SSSR count). The van der Waals surface area contributed by atoms with E-state index in [0.29, 0.717) is 17.7 Å². The van der Waals surface area contributed by atoms with Crippen molar-refractivity contribution in [2.24, 2.45) is 0 Å². The minimum absolute atomic E-state index is 0.130. The molecule has 1 saturated heterocycles. The Morgan fingerprint density at radius 1 is 1.53 bits per heavy atom. The van der Waals surface area contributed by atoms with Gasteiger partial charge < -0.3 is 4.74 Å². The zero-order valence-electron chi connectivity index (χ0n) is 11.1. The quantitative estimate of drug-likeness (QED) is 0.768. The number of likely N-dealkylation sites (tertiary alicyclic amines) is 1. The van der Waals surface area contributed by atoms with Crippen LogP contribution in [0.3, 0.4) is 0 Å². The van der Waals surface area contributed by atoms with Gasteiger partial charge in [0.25, 0.3) is 0 Å². The Kier molecular flexibility index (Phi) is 2.61. The molecule has 0 amide bonds. The molecule has 4 nitrogen and oxygen atoms in total. The van der Waals surface area contributed by atoms with Gasteiger partial charge in [0.15, 0.2) is 5.78 Å². The number of nitrogens with zero attached hydrogens (tertiary/aromatic N) is 2. The third-order valence-corrected chi connectivity index (χ3v) is 4.49. The lowest BCUT2D eigenvalue weighted by atomic mass is 9.64. The second-order valence-corrected chi connectivity index (χ2v) is 5.42. The molecule has 19 heavy (non-hydrogen) atoms. The highest BCUT2D eigenvalue weighted by molar-refractivity contribution is 6.03. The first-order chi connectivity index (χ1) is 9.11. The van der Waals surface area contributed by atoms with E-state index in [1.807, 2.05) is 13.1 Å². The molecule has 1 aromatic carbocycles. The molecule has 2 atom stereocenters. The van der Waals surface area contributed by atoms with Crippen molar-refractivity contribution in [2.75, 3.05) is 20.7 Å². The van der Waals surface area contributed by atoms with E-state index < -0.39 is 5.41 Å². The van der Waals surface area contributed by atoms with Crippen LogP contribution < -0.4 is 4.74 Å². The lowest BCUT2D eigenvalue weighted by molar-refractivity contribution is 0.0693. The van der Waals surface area contributed by atoms with E-state index in [2.05, 4.69) is 11.0 Å². The molecule has 98 valence electrons. The fraction of sp³-hybridized carbons (Fsp3) is 0.467. The fourth-order valence-corrected chi connectivity index (χ4v) is 3.25. The van der Waals surface area contributed by atoms with E-state index in [-0.39, 0.29) is 11.8 Å². The Morgan fingerprint density at radius 2 is 2.32 bits per heavy atom. The second kappa shape index (κ2) is 4.07. The summed E-state index contributed by atoms with van der Waals surface area (Å²) in [5.74, 6) is 0.837. The monoisotopic (exact) mass is 256 g/mol. The number of carbonyl (C=O) groups excluding carboxylic acids is 1. The minimum Gasteiger partial charge on any atom is -0.497 e. The minimum atomic E-state index is -0.533. The smallest absolute Gasteiger partial charge is 0.180 e. The van der Waals surface area contributed by atoms with Crippen molar-refractivity contribution in [1.82, 2.24) is 4.90 Å². The molecule has 0 aromatic heterocycles. The van der Waals surface area contributed by atoms with Crippen LogP contribution in [0.25, 0.3) is 0 Å². The molecule has 0 N–H and O–H groups in total. The molecule has 0 saturated carbocycles. The lowest BCUT2D eigenvalue weighted by Gasteiger charge is -2.45. The molecule has 2 bridgehead atoms. The second-order valence-electron chi connectivity index (χ2n) is 5.42. The highest BCUT2D eigenvalue weighted by Gasteiger charge is 2.49. The van der Waals surface area contributed by atoms with Crippen LogP contribution in [0.15, 0.2) is 18.2 Å². The van der Waals surface area contributed by atoms with E-state index in [1.54, 1.807) is 19.2 Å². The molecule has 0 spiro atoms. The van der Waals surface area contributed by atoms with Crippen molar-refractivity contribution < 1.29 is 9.53 Å². The van der Waals surface area contributed by atoms with Crippen LogP contribution in [-0.2, 0) is 5.41 Å². The highest BCUT2D eigenvalue weighted by Crippen LogP contribution is 2.45. The average molecular weight is 256 g/mol. The van der Waals surface area contributed by atoms with Gasteiger partial charge in [-0.1, -0.05) is 0 Å². The molecule has 2 unspecified atom stereocenters. The molecule has 0 radical (unpaired) electrons. The number of ether oxygens (including phenoxy) is 1. The number of rotatable bonds is 1. The van der Waals surface area contributed by atoms with E-state index in [1.165, 1.54) is 0 Å². The summed E-state index contributed by atoms with van der Waals surface area (Å²) < 4.78 is 5.23. The van der Waals surface area contributed by atoms with Crippen LogP contribution in [0.5, 0.6) is 5.75 Å². The summed E-state index contributed by atoms with van der Waals surface area (Å²) in [5, 5.41) is 9.66. The molecule has 1 aliphatic heterocycles. The van der Waals surface area contributed by atoms with Gasteiger partial charge in [-0.2, -0.15) is 5.26 Å². The lowest BCUT2D eigenvalue weighted by Crippen LogP contribution is -2.54. The maximum atomic E-state index is 12.5. The van der Waals surface area contributed by atoms with E-state index in [0.717, 1.165) is 18.5 Å². The summed E-state index contributed by atoms with van der Waals surface area (Å²) in [5.41, 5.74) is 1.00. The standard InChI is InChI=1S/C15H16N2O2/c1-17-6-5-15(9-16)8-13(17)14(18)11-4-3-10(19-2)7-12(11)15/h3-4,7,13H,5-6,8H2,1-2H3. The highest BCUT2D eigenvalue weighted by atomic mass is 16.5. The van der Waals surface area contributed by atoms with Crippen molar-refractivity contribution in [3.8, 4) is 11.8 Å². The first kappa shape index (κ1) is 12.2. The van der Waals surface area contributed by atoms with Gasteiger partial charge in [-0.05, 0) is 43.7 Å². The number of likely N-dealkylation sites (N-methyl/N-ethyl adjacent to an activating group) is 1. The summed E-state index contributed by atoms with van der Waals surface area (Å²) >= 11 is 0. The van der Waals surface area contributed by atoms with Gasteiger partial charge in [-0.15, -0.1) is 0 Å². The van der Waals surface area contributed by atoms with Gasteiger partial charge in [-0.3, -0.25) is 9.69 Å². The summed E-state index contributed by atoms with van der Waals surface area (Å²) in [6.45, 7) is 0.778. The van der Waals surface area contributed by atoms with Gasteiger partial charge in [-0.25, -0.2) is 0 Å². The first-order valence-corrected chi connectivity index (χ1v) is 6.45. The number of hydrogen-bond acceptors (Lipinski definition) is 4. The van der Waals surface area contributed by atoms with E-state index in [4.69, 9.17) is 4.74 Å². The molecule has 1 aromatic rings. The third kappa shape index (κ3) is 1.58. The third-order valence-electron chi connectivity index (χ3n) is 4.49. The Morgan fingerprint density at radius 3 is 3.00 bits per heavy atom. The van der Waals surface area contributed by atoms with Gasteiger partial charge in [0, 0.05) is 12.1 Å². The molecule has 4 heteroatoms. The molecule has 1 heterocycles. The normalized spacial score (nSPS) is 29.5. The number of hydrogen-bond donors (Lipinski definition) is 0. The van der Waals surface area contributed by atoms with Gasteiger partial charge in [0.1, 0.15) is 5.75 Å². The fourth-order valence-electron chi connectivity index (χ4n) is 3.25. The Balaban J connectivity index is 2.22. The maximum Gasteiger partial charge on any atom is 0.180 e. The van der Waals surface area contributed by atoms with E-state index in [9.17, 15) is 10.1 Å². The zero-order chi connectivity index (χ0) is 13.6. The maximum absolute atomic E-state index is 12.5. The largest absolute Gasteiger partial charge is 0.497 e. The van der Waals surface area contributed by atoms with Crippen LogP contribution in [0.1, 0.15) is 28.8 Å². The molecule has 1 fully saturated rings. The van der Waals surface area contributed by atoms with Crippen molar-refractivity contribution in [3.63, 3.8) is 0 Å². The van der Waals surface area contributed by atoms with Crippen molar-refractivity contribution in [1.29, 1.82) is 5.26 Å². The SMILES string of the molecule is COc1ccc2c(c1)C1(C#N)CCN(C)C(C1)C2=O. The van der Waals surface area contributed by atoms with Crippen LogP contribution in [-0.4, -0.2) is 37.4 Å². The molecular formula is C15H16N2O2. The number of fused-ring (bicyclic) bond motifs is 4. The van der Waals surface area contributed by atoms with Crippen molar-refractivity contribution >= 4 is 5.78 Å². The summed E-state index contributed by atoms with van der Waals surface area (Å²) in [6.07, 6.45) is 1.36. The van der Waals surface area contributed by atoms with Gasteiger partial charge >= 0.3 is 0 Å². The predicted octanol–water partition coefficient (Wildman–Crippen LogP) is 1.75. The summed E-state index contributed by atoms with van der Waals surface area (Å²) in [6, 6.07) is 7.76. The number of ketones is 1. The number of methoxy groups -OCH3 is 1. The first-order valence-electron chi connectivity index (χ1n) is 6.45. The molecular weight excluding hydrogens is 240 g/mol. The number of carbonyl (C=O) groups is 1. The topological polar surface area (TPSA) is 53.3 Å². The predicted molar refractivity (Wildman–Crippen MR) is 70.3 cm³/mol. The van der Waals surface area contributed by atoms with Crippen molar-refractivity contribution in [3.05, 3.63) is 29.3 Å². The van der Waals surface area contributed by atoms with Gasteiger partial charge in [0.05, 0.1) is 24.6 Å². The number of piperidine rings is 1. The number of benzene rings is 1. The Hall–Kier alpha value is -1.86. The molecule has 2 aliphatic rings. The van der Waals surface area contributed by atoms with Crippen molar-refractivity contribution in [2.45, 2.75) is 24.3 Å². The molecule has 1 aliphatic carbocycles.